The third kappa shape index (κ3) is 3.05. The lowest BCUT2D eigenvalue weighted by Crippen LogP contribution is -2.58. The summed E-state index contributed by atoms with van der Waals surface area (Å²) in [5, 5.41) is 21.4. The molecular weight excluding hydrogens is 432 g/mol. The van der Waals surface area contributed by atoms with Crippen LogP contribution in [0.25, 0.3) is 0 Å². The van der Waals surface area contributed by atoms with Crippen LogP contribution in [0.2, 0.25) is 0 Å². The maximum absolute atomic E-state index is 13.3. The maximum Gasteiger partial charge on any atom is 0.339 e. The molecule has 0 radical (unpaired) electrons. The number of fused-ring (bicyclic) bond motifs is 4. The first kappa shape index (κ1) is 22.9. The fraction of sp³-hybridized carbons (Fsp3) is 0.464. The Bertz CT molecular complexity index is 1160. The molecule has 4 aliphatic carbocycles. The fourth-order valence-corrected chi connectivity index (χ4v) is 7.18. The molecule has 0 bridgehead atoms. The Morgan fingerprint density at radius 1 is 1.15 bits per heavy atom. The number of ketones is 2. The van der Waals surface area contributed by atoms with E-state index in [-0.39, 0.29) is 18.1 Å². The highest BCUT2D eigenvalue weighted by Gasteiger charge is 2.67. The molecule has 178 valence electrons. The molecule has 1 unspecified atom stereocenters. The van der Waals surface area contributed by atoms with Crippen LogP contribution in [0.1, 0.15) is 56.3 Å². The summed E-state index contributed by atoms with van der Waals surface area (Å²) in [6, 6.07) is 8.53. The van der Waals surface area contributed by atoms with E-state index in [9.17, 15) is 24.6 Å². The molecular formula is C28H30O6. The predicted octanol–water partition coefficient (Wildman–Crippen LogP) is 3.49. The van der Waals surface area contributed by atoms with Crippen molar-refractivity contribution in [3.8, 4) is 0 Å². The molecule has 6 heteroatoms. The van der Waals surface area contributed by atoms with Crippen LogP contribution in [0.5, 0.6) is 0 Å². The summed E-state index contributed by atoms with van der Waals surface area (Å²) < 4.78 is 6.03. The number of hydrogen-bond acceptors (Lipinski definition) is 6. The molecule has 0 heterocycles. The molecule has 4 aliphatic rings. The zero-order valence-corrected chi connectivity index (χ0v) is 19.5. The van der Waals surface area contributed by atoms with Gasteiger partial charge in [-0.25, -0.2) is 4.79 Å². The monoisotopic (exact) mass is 462 g/mol. The summed E-state index contributed by atoms with van der Waals surface area (Å²) in [6.07, 6.45) is 6.81. The van der Waals surface area contributed by atoms with Gasteiger partial charge in [0.2, 0.25) is 5.78 Å². The molecule has 5 atom stereocenters. The summed E-state index contributed by atoms with van der Waals surface area (Å²) in [5.74, 6) is -1.24. The molecule has 6 nitrogen and oxygen atoms in total. The first-order valence-corrected chi connectivity index (χ1v) is 11.9. The second kappa shape index (κ2) is 7.85. The van der Waals surface area contributed by atoms with Crippen molar-refractivity contribution in [1.29, 1.82) is 0 Å². The average Bonchev–Trinajstić information content (AvgIpc) is 3.11. The lowest BCUT2D eigenvalue weighted by molar-refractivity contribution is -0.158. The minimum absolute atomic E-state index is 0.0343. The van der Waals surface area contributed by atoms with Crippen molar-refractivity contribution in [3.63, 3.8) is 0 Å². The van der Waals surface area contributed by atoms with Gasteiger partial charge in [-0.3, -0.25) is 9.59 Å². The van der Waals surface area contributed by atoms with Crippen LogP contribution in [0.15, 0.2) is 65.3 Å². The topological polar surface area (TPSA) is 101 Å². The number of carbonyl (C=O) groups excluding carboxylic acids is 3. The normalized spacial score (nSPS) is 36.4. The van der Waals surface area contributed by atoms with Crippen molar-refractivity contribution in [3.05, 3.63) is 70.8 Å². The lowest BCUT2D eigenvalue weighted by Gasteiger charge is -2.53. The number of esters is 1. The van der Waals surface area contributed by atoms with Gasteiger partial charge in [0.05, 0.1) is 11.7 Å². The van der Waals surface area contributed by atoms with Gasteiger partial charge in [0.15, 0.2) is 11.4 Å². The van der Waals surface area contributed by atoms with Gasteiger partial charge in [-0.05, 0) is 74.8 Å². The maximum atomic E-state index is 13.3. The Labute approximate surface area is 199 Å². The molecule has 0 spiro atoms. The van der Waals surface area contributed by atoms with Crippen LogP contribution in [-0.4, -0.2) is 46.1 Å². The van der Waals surface area contributed by atoms with E-state index in [1.54, 1.807) is 42.5 Å². The SMILES string of the molecule is C[C@]12C=CC(=O)C=C1CCC1=C2C(O)C[C@@]2(C)[C@H]1CC[C@]2(OC(=O)c1ccccc1)C(=O)CO. The zero-order chi connectivity index (χ0) is 24.3. The largest absolute Gasteiger partial charge is 0.447 e. The number of aliphatic hydroxyl groups is 2. The van der Waals surface area contributed by atoms with Gasteiger partial charge < -0.3 is 14.9 Å². The third-order valence-electron chi connectivity index (χ3n) is 8.85. The Morgan fingerprint density at radius 2 is 1.88 bits per heavy atom. The number of ether oxygens (including phenoxy) is 1. The van der Waals surface area contributed by atoms with Crippen LogP contribution < -0.4 is 0 Å². The molecule has 1 aromatic carbocycles. The second-order valence-corrected chi connectivity index (χ2v) is 10.4. The van der Waals surface area contributed by atoms with Crippen LogP contribution in [-0.2, 0) is 14.3 Å². The molecule has 0 saturated heterocycles. The first-order valence-electron chi connectivity index (χ1n) is 11.9. The first-order chi connectivity index (χ1) is 16.2. The molecule has 0 aromatic heterocycles. The van der Waals surface area contributed by atoms with Gasteiger partial charge in [0.1, 0.15) is 6.61 Å². The standard InChI is InChI=1S/C28H30O6/c1-26-12-10-19(30)14-18(26)8-9-20-21-11-13-28(23(32)16-29,27(21,2)15-22(31)24(20)26)34-25(33)17-6-4-3-5-7-17/h3-7,10,12,14,21-22,29,31H,8-9,11,13,15-16H2,1-2H3/t21-,22?,26-,27-,28-/m0/s1. The quantitative estimate of drug-likeness (QED) is 0.525. The van der Waals surface area contributed by atoms with Crippen LogP contribution in [0.4, 0.5) is 0 Å². The summed E-state index contributed by atoms with van der Waals surface area (Å²) in [6.45, 7) is 3.22. The average molecular weight is 463 g/mol. The van der Waals surface area contributed by atoms with Crippen molar-refractivity contribution in [1.82, 2.24) is 0 Å². The third-order valence-corrected chi connectivity index (χ3v) is 8.85. The van der Waals surface area contributed by atoms with E-state index in [1.807, 2.05) is 19.9 Å². The molecule has 1 fully saturated rings. The van der Waals surface area contributed by atoms with Gasteiger partial charge >= 0.3 is 5.97 Å². The molecule has 5 rings (SSSR count). The van der Waals surface area contributed by atoms with Crippen molar-refractivity contribution < 1.29 is 29.3 Å². The molecule has 34 heavy (non-hydrogen) atoms. The number of rotatable bonds is 4. The van der Waals surface area contributed by atoms with E-state index in [2.05, 4.69) is 0 Å². The summed E-state index contributed by atoms with van der Waals surface area (Å²) >= 11 is 0. The van der Waals surface area contributed by atoms with Crippen molar-refractivity contribution >= 4 is 17.5 Å². The van der Waals surface area contributed by atoms with Gasteiger partial charge in [-0.15, -0.1) is 0 Å². The molecule has 2 N–H and O–H groups in total. The van der Waals surface area contributed by atoms with Crippen molar-refractivity contribution in [2.45, 2.75) is 57.7 Å². The van der Waals surface area contributed by atoms with Gasteiger partial charge in [0, 0.05) is 10.8 Å². The van der Waals surface area contributed by atoms with E-state index >= 15 is 0 Å². The predicted molar refractivity (Wildman–Crippen MR) is 125 cm³/mol. The number of hydrogen-bond donors (Lipinski definition) is 2. The Kier molecular flexibility index (Phi) is 5.30. The van der Waals surface area contributed by atoms with E-state index in [1.165, 1.54) is 0 Å². The number of aliphatic hydroxyl groups excluding tert-OH is 2. The summed E-state index contributed by atoms with van der Waals surface area (Å²) in [4.78, 5) is 38.4. The molecule has 1 aromatic rings. The van der Waals surface area contributed by atoms with Gasteiger partial charge in [0.25, 0.3) is 0 Å². The highest BCUT2D eigenvalue weighted by molar-refractivity contribution is 6.01. The summed E-state index contributed by atoms with van der Waals surface area (Å²) in [5.41, 5.74) is 0.451. The molecule has 0 amide bonds. The smallest absolute Gasteiger partial charge is 0.339 e. The second-order valence-electron chi connectivity index (χ2n) is 10.4. The lowest BCUT2D eigenvalue weighted by atomic mass is 9.52. The van der Waals surface area contributed by atoms with E-state index in [4.69, 9.17) is 4.74 Å². The van der Waals surface area contributed by atoms with Crippen LogP contribution in [0.3, 0.4) is 0 Å². The van der Waals surface area contributed by atoms with E-state index in [0.717, 1.165) is 16.7 Å². The van der Waals surface area contributed by atoms with Crippen molar-refractivity contribution in [2.24, 2.45) is 16.7 Å². The minimum Gasteiger partial charge on any atom is -0.447 e. The van der Waals surface area contributed by atoms with Crippen LogP contribution in [0, 0.1) is 16.7 Å². The number of Topliss-reactive ketones (excluding diaryl/α,β-unsaturated/α-hetero) is 1. The Hall–Kier alpha value is -2.83. The summed E-state index contributed by atoms with van der Waals surface area (Å²) in [7, 11) is 0. The molecule has 1 saturated carbocycles. The number of carbonyl (C=O) groups is 3. The Balaban J connectivity index is 1.59. The van der Waals surface area contributed by atoms with E-state index in [0.29, 0.717) is 31.2 Å². The number of benzene rings is 1. The van der Waals surface area contributed by atoms with E-state index < -0.39 is 40.9 Å². The fourth-order valence-electron chi connectivity index (χ4n) is 7.18. The van der Waals surface area contributed by atoms with Gasteiger partial charge in [-0.2, -0.15) is 0 Å². The van der Waals surface area contributed by atoms with Gasteiger partial charge in [-0.1, -0.05) is 42.3 Å². The highest BCUT2D eigenvalue weighted by Crippen LogP contribution is 2.65. The zero-order valence-electron chi connectivity index (χ0n) is 19.5. The molecule has 0 aliphatic heterocycles. The Morgan fingerprint density at radius 3 is 2.59 bits per heavy atom. The highest BCUT2D eigenvalue weighted by atomic mass is 16.6. The van der Waals surface area contributed by atoms with Crippen LogP contribution >= 0.6 is 0 Å². The minimum atomic E-state index is -1.52. The van der Waals surface area contributed by atoms with Crippen molar-refractivity contribution in [2.75, 3.05) is 6.61 Å². The number of allylic oxidation sites excluding steroid dienone is 5.